The Kier molecular flexibility index (Phi) is 5.38. The van der Waals surface area contributed by atoms with Crippen molar-refractivity contribution in [2.24, 2.45) is 11.8 Å². The molecule has 0 nitrogen and oxygen atoms in total. The first-order valence-electron chi connectivity index (χ1n) is 4.47. The lowest BCUT2D eigenvalue weighted by atomic mass is 9.87. The Hall–Kier alpha value is -0.260. The molecular formula is C10H20. The molecule has 1 aliphatic rings. The van der Waals surface area contributed by atoms with Gasteiger partial charge in [0.1, 0.15) is 0 Å². The first kappa shape index (κ1) is 9.74. The Morgan fingerprint density at radius 2 is 1.80 bits per heavy atom. The van der Waals surface area contributed by atoms with Crippen LogP contribution in [0.1, 0.15) is 40.5 Å². The summed E-state index contributed by atoms with van der Waals surface area (Å²) in [5.41, 5.74) is 0. The second kappa shape index (κ2) is 5.52. The van der Waals surface area contributed by atoms with Crippen LogP contribution in [0, 0.1) is 11.8 Å². The molecule has 0 radical (unpaired) electrons. The minimum atomic E-state index is 0.823. The predicted molar refractivity (Wildman–Crippen MR) is 48.1 cm³/mol. The minimum Gasteiger partial charge on any atom is -0.0882 e. The summed E-state index contributed by atoms with van der Waals surface area (Å²) in [6.45, 7) is 8.62. The third-order valence-electron chi connectivity index (χ3n) is 2.13. The third-order valence-corrected chi connectivity index (χ3v) is 2.13. The lowest BCUT2D eigenvalue weighted by molar-refractivity contribution is 0.413. The van der Waals surface area contributed by atoms with Crippen molar-refractivity contribution < 1.29 is 0 Å². The van der Waals surface area contributed by atoms with E-state index in [1.54, 1.807) is 0 Å². The molecule has 0 aromatic carbocycles. The zero-order valence-corrected chi connectivity index (χ0v) is 7.72. The Morgan fingerprint density at radius 1 is 1.20 bits per heavy atom. The molecular weight excluding hydrogens is 120 g/mol. The van der Waals surface area contributed by atoms with Crippen LogP contribution in [0.3, 0.4) is 0 Å². The Labute approximate surface area is 65.3 Å². The first-order valence-corrected chi connectivity index (χ1v) is 4.47. The lowest BCUT2D eigenvalue weighted by Gasteiger charge is -2.19. The number of allylic oxidation sites excluding steroid dienone is 2. The molecule has 0 fully saturated rings. The molecule has 1 rings (SSSR count). The quantitative estimate of drug-likeness (QED) is 0.451. The average Bonchev–Trinajstić information content (AvgIpc) is 2.00. The van der Waals surface area contributed by atoms with Gasteiger partial charge in [0, 0.05) is 0 Å². The maximum Gasteiger partial charge on any atom is -0.0236 e. The van der Waals surface area contributed by atoms with Crippen LogP contribution in [0.4, 0.5) is 0 Å². The van der Waals surface area contributed by atoms with Gasteiger partial charge < -0.3 is 0 Å². The molecule has 1 unspecified atom stereocenters. The van der Waals surface area contributed by atoms with Crippen LogP contribution in [0.5, 0.6) is 0 Å². The lowest BCUT2D eigenvalue weighted by Crippen LogP contribution is -2.07. The second-order valence-corrected chi connectivity index (χ2v) is 2.84. The summed E-state index contributed by atoms with van der Waals surface area (Å²) < 4.78 is 0. The van der Waals surface area contributed by atoms with Crippen LogP contribution in [-0.4, -0.2) is 0 Å². The molecule has 0 aromatic rings. The first-order chi connectivity index (χ1) is 4.80. The second-order valence-electron chi connectivity index (χ2n) is 2.84. The molecule has 0 amide bonds. The Bertz CT molecular complexity index is 92.2. The zero-order valence-electron chi connectivity index (χ0n) is 7.72. The normalized spacial score (nSPS) is 30.8. The maximum absolute atomic E-state index is 2.33. The van der Waals surface area contributed by atoms with E-state index in [-0.39, 0.29) is 0 Å². The van der Waals surface area contributed by atoms with Gasteiger partial charge in [-0.15, -0.1) is 0 Å². The summed E-state index contributed by atoms with van der Waals surface area (Å²) in [4.78, 5) is 0. The van der Waals surface area contributed by atoms with Gasteiger partial charge in [-0.25, -0.2) is 0 Å². The summed E-state index contributed by atoms with van der Waals surface area (Å²) in [6, 6.07) is 0. The van der Waals surface area contributed by atoms with Crippen LogP contribution < -0.4 is 0 Å². The van der Waals surface area contributed by atoms with E-state index in [0.717, 1.165) is 11.8 Å². The van der Waals surface area contributed by atoms with E-state index >= 15 is 0 Å². The molecule has 1 aliphatic carbocycles. The van der Waals surface area contributed by atoms with E-state index in [1.807, 2.05) is 13.8 Å². The van der Waals surface area contributed by atoms with E-state index in [1.165, 1.54) is 12.8 Å². The number of hydrogen-bond donors (Lipinski definition) is 0. The van der Waals surface area contributed by atoms with Crippen molar-refractivity contribution in [3.05, 3.63) is 12.2 Å². The van der Waals surface area contributed by atoms with Crippen molar-refractivity contribution in [2.45, 2.75) is 40.5 Å². The summed E-state index contributed by atoms with van der Waals surface area (Å²) >= 11 is 0. The van der Waals surface area contributed by atoms with E-state index in [9.17, 15) is 0 Å². The van der Waals surface area contributed by atoms with Gasteiger partial charge in [-0.05, 0) is 24.7 Å². The third kappa shape index (κ3) is 3.05. The molecule has 0 aliphatic heterocycles. The van der Waals surface area contributed by atoms with Gasteiger partial charge in [0.2, 0.25) is 0 Å². The van der Waals surface area contributed by atoms with E-state index in [2.05, 4.69) is 26.0 Å². The fraction of sp³-hybridized carbons (Fsp3) is 0.800. The van der Waals surface area contributed by atoms with Crippen molar-refractivity contribution >= 4 is 0 Å². The summed E-state index contributed by atoms with van der Waals surface area (Å²) in [6.07, 6.45) is 7.31. The van der Waals surface area contributed by atoms with Crippen molar-refractivity contribution in [2.75, 3.05) is 0 Å². The molecule has 0 aromatic heterocycles. The zero-order chi connectivity index (χ0) is 7.98. The van der Waals surface area contributed by atoms with Gasteiger partial charge in [0.15, 0.2) is 0 Å². The molecule has 0 bridgehead atoms. The number of hydrogen-bond acceptors (Lipinski definition) is 0. The highest BCUT2D eigenvalue weighted by atomic mass is 14.2. The van der Waals surface area contributed by atoms with E-state index < -0.39 is 0 Å². The molecule has 2 atom stereocenters. The van der Waals surface area contributed by atoms with Crippen LogP contribution in [0.15, 0.2) is 12.2 Å². The molecule has 10 heavy (non-hydrogen) atoms. The summed E-state index contributed by atoms with van der Waals surface area (Å²) in [7, 11) is 0. The Balaban J connectivity index is 0.000000371. The van der Waals surface area contributed by atoms with Gasteiger partial charge in [-0.3, -0.25) is 0 Å². The maximum atomic E-state index is 2.33. The largest absolute Gasteiger partial charge is 0.0882 e. The molecule has 0 saturated carbocycles. The molecule has 0 N–H and O–H groups in total. The molecule has 0 heteroatoms. The smallest absolute Gasteiger partial charge is 0.0236 e. The highest BCUT2D eigenvalue weighted by Crippen LogP contribution is 2.22. The fourth-order valence-corrected chi connectivity index (χ4v) is 1.12. The van der Waals surface area contributed by atoms with Gasteiger partial charge in [0.05, 0.1) is 0 Å². The van der Waals surface area contributed by atoms with Crippen molar-refractivity contribution in [1.82, 2.24) is 0 Å². The molecule has 0 heterocycles. The van der Waals surface area contributed by atoms with Gasteiger partial charge in [0.25, 0.3) is 0 Å². The molecule has 0 spiro atoms. The van der Waals surface area contributed by atoms with Crippen LogP contribution in [-0.2, 0) is 0 Å². The Morgan fingerprint density at radius 3 is 2.10 bits per heavy atom. The van der Waals surface area contributed by atoms with Crippen LogP contribution in [0.25, 0.3) is 0 Å². The minimum absolute atomic E-state index is 0.823. The summed E-state index contributed by atoms with van der Waals surface area (Å²) in [5.74, 6) is 1.74. The highest BCUT2D eigenvalue weighted by molar-refractivity contribution is 4.93. The van der Waals surface area contributed by atoms with Crippen LogP contribution >= 0.6 is 0 Å². The summed E-state index contributed by atoms with van der Waals surface area (Å²) in [5, 5.41) is 0. The topological polar surface area (TPSA) is 0 Å². The van der Waals surface area contributed by atoms with E-state index in [0.29, 0.717) is 0 Å². The number of rotatable bonds is 0. The van der Waals surface area contributed by atoms with Gasteiger partial charge in [-0.2, -0.15) is 0 Å². The average molecular weight is 140 g/mol. The van der Waals surface area contributed by atoms with Crippen molar-refractivity contribution in [3.63, 3.8) is 0 Å². The fourth-order valence-electron chi connectivity index (χ4n) is 1.12. The highest BCUT2D eigenvalue weighted by Gasteiger charge is 2.10. The van der Waals surface area contributed by atoms with Gasteiger partial charge >= 0.3 is 0 Å². The van der Waals surface area contributed by atoms with Crippen LogP contribution in [0.2, 0.25) is 0 Å². The van der Waals surface area contributed by atoms with Gasteiger partial charge in [-0.1, -0.05) is 39.8 Å². The molecule has 60 valence electrons. The molecule has 0 saturated heterocycles. The predicted octanol–water partition coefficient (Wildman–Crippen LogP) is 3.63. The van der Waals surface area contributed by atoms with E-state index in [4.69, 9.17) is 0 Å². The standard InChI is InChI=1S/C8H14.C2H6/c1-7-5-3-4-6-8(7)2;1-2/h3,5,7-8H,4,6H2,1-2H3;1-2H3/t7-,8?;/m0./s1. The van der Waals surface area contributed by atoms with Crippen molar-refractivity contribution in [3.8, 4) is 0 Å². The SMILES string of the molecule is CC.CC1CCC=C[C@@H]1C. The monoisotopic (exact) mass is 140 g/mol. The van der Waals surface area contributed by atoms with Crippen molar-refractivity contribution in [1.29, 1.82) is 0 Å².